The average molecular weight is 191 g/mol. The Morgan fingerprint density at radius 2 is 1.85 bits per heavy atom. The molecule has 0 atom stereocenters. The van der Waals surface area contributed by atoms with Crippen LogP contribution in [0.3, 0.4) is 0 Å². The number of halogens is 3. The maximum atomic E-state index is 12.8. The summed E-state index contributed by atoms with van der Waals surface area (Å²) in [5, 5.41) is 8.29. The minimum atomic E-state index is -1.90. The predicted molar refractivity (Wildman–Crippen MR) is 37.7 cm³/mol. The van der Waals surface area contributed by atoms with Crippen molar-refractivity contribution in [1.82, 2.24) is 0 Å². The fraction of sp³-hybridized carbons (Fsp3) is 0. The first-order valence-corrected chi connectivity index (χ1v) is 3.11. The summed E-state index contributed by atoms with van der Waals surface area (Å²) in [6.07, 6.45) is 0. The molecular formula is C7H4F3NO2. The van der Waals surface area contributed by atoms with Crippen molar-refractivity contribution in [2.24, 2.45) is 0 Å². The Morgan fingerprint density at radius 1 is 1.31 bits per heavy atom. The van der Waals surface area contributed by atoms with Gasteiger partial charge in [-0.2, -0.15) is 0 Å². The minimum Gasteiger partial charge on any atom is -0.477 e. The topological polar surface area (TPSA) is 63.3 Å². The fourth-order valence-electron chi connectivity index (χ4n) is 0.811. The molecule has 0 aliphatic carbocycles. The van der Waals surface area contributed by atoms with Crippen LogP contribution in [0.1, 0.15) is 10.4 Å². The van der Waals surface area contributed by atoms with Crippen LogP contribution in [0.5, 0.6) is 0 Å². The van der Waals surface area contributed by atoms with Crippen LogP contribution in [0.2, 0.25) is 0 Å². The molecule has 6 heteroatoms. The number of nitrogens with two attached hydrogens (primary N) is 1. The van der Waals surface area contributed by atoms with E-state index >= 15 is 0 Å². The summed E-state index contributed by atoms with van der Waals surface area (Å²) in [5.41, 5.74) is 2.77. The first-order valence-electron chi connectivity index (χ1n) is 3.11. The molecule has 0 saturated carbocycles. The van der Waals surface area contributed by atoms with Crippen LogP contribution in [0.4, 0.5) is 18.9 Å². The van der Waals surface area contributed by atoms with Crippen molar-refractivity contribution in [3.63, 3.8) is 0 Å². The molecule has 0 aromatic heterocycles. The number of nitrogen functional groups attached to an aromatic ring is 1. The molecule has 0 bridgehead atoms. The second-order valence-corrected chi connectivity index (χ2v) is 2.26. The van der Waals surface area contributed by atoms with E-state index < -0.39 is 34.7 Å². The Morgan fingerprint density at radius 3 is 2.31 bits per heavy atom. The van der Waals surface area contributed by atoms with Gasteiger partial charge in [0.25, 0.3) is 0 Å². The lowest BCUT2D eigenvalue weighted by molar-refractivity contribution is 0.0685. The molecular weight excluding hydrogens is 187 g/mol. The largest absolute Gasteiger partial charge is 0.477 e. The van der Waals surface area contributed by atoms with Gasteiger partial charge in [-0.1, -0.05) is 0 Å². The van der Waals surface area contributed by atoms with E-state index in [1.807, 2.05) is 0 Å². The van der Waals surface area contributed by atoms with Gasteiger partial charge < -0.3 is 10.8 Å². The third kappa shape index (κ3) is 1.42. The van der Waals surface area contributed by atoms with Crippen LogP contribution in [-0.4, -0.2) is 11.1 Å². The summed E-state index contributed by atoms with van der Waals surface area (Å²) in [6, 6.07) is 0.386. The predicted octanol–water partition coefficient (Wildman–Crippen LogP) is 1.38. The minimum absolute atomic E-state index is 0.386. The molecule has 70 valence electrons. The first kappa shape index (κ1) is 9.37. The molecule has 0 spiro atoms. The Kier molecular flexibility index (Phi) is 2.14. The SMILES string of the molecule is Nc1cc(F)c(F)c(C(=O)O)c1F. The zero-order valence-electron chi connectivity index (χ0n) is 6.14. The van der Waals surface area contributed by atoms with Gasteiger partial charge in [0.15, 0.2) is 17.5 Å². The summed E-state index contributed by atoms with van der Waals surface area (Å²) in [6.45, 7) is 0. The third-order valence-electron chi connectivity index (χ3n) is 1.40. The van der Waals surface area contributed by atoms with Crippen molar-refractivity contribution in [3.8, 4) is 0 Å². The van der Waals surface area contributed by atoms with Gasteiger partial charge in [0.2, 0.25) is 0 Å². The van der Waals surface area contributed by atoms with E-state index in [1.165, 1.54) is 0 Å². The second kappa shape index (κ2) is 2.96. The van der Waals surface area contributed by atoms with Gasteiger partial charge >= 0.3 is 5.97 Å². The van der Waals surface area contributed by atoms with Crippen LogP contribution >= 0.6 is 0 Å². The fourth-order valence-corrected chi connectivity index (χ4v) is 0.811. The highest BCUT2D eigenvalue weighted by Crippen LogP contribution is 2.21. The highest BCUT2D eigenvalue weighted by Gasteiger charge is 2.22. The molecule has 0 amide bonds. The van der Waals surface area contributed by atoms with E-state index in [4.69, 9.17) is 10.8 Å². The average Bonchev–Trinajstić information content (AvgIpc) is 2.01. The van der Waals surface area contributed by atoms with E-state index in [1.54, 1.807) is 0 Å². The standard InChI is InChI=1S/C7H4F3NO2/c8-2-1-3(11)6(10)4(5(2)9)7(12)13/h1H,11H2,(H,12,13). The van der Waals surface area contributed by atoms with Gasteiger partial charge in [-0.15, -0.1) is 0 Å². The number of aromatic carboxylic acids is 1. The highest BCUT2D eigenvalue weighted by atomic mass is 19.2. The molecule has 3 N–H and O–H groups in total. The van der Waals surface area contributed by atoms with E-state index in [9.17, 15) is 18.0 Å². The lowest BCUT2D eigenvalue weighted by Gasteiger charge is -2.03. The molecule has 1 aromatic rings. The third-order valence-corrected chi connectivity index (χ3v) is 1.40. The lowest BCUT2D eigenvalue weighted by atomic mass is 10.1. The molecule has 1 aromatic carbocycles. The molecule has 13 heavy (non-hydrogen) atoms. The number of carboxylic acids is 1. The number of carbonyl (C=O) groups is 1. The smallest absolute Gasteiger partial charge is 0.341 e. The summed E-state index contributed by atoms with van der Waals surface area (Å²) in [5.74, 6) is -6.61. The molecule has 0 unspecified atom stereocenters. The Bertz CT molecular complexity index is 352. The van der Waals surface area contributed by atoms with Gasteiger partial charge in [-0.3, -0.25) is 0 Å². The molecule has 0 heterocycles. The zero-order chi connectivity index (χ0) is 10.2. The number of rotatable bonds is 1. The van der Waals surface area contributed by atoms with E-state index in [0.29, 0.717) is 6.07 Å². The summed E-state index contributed by atoms with van der Waals surface area (Å²) >= 11 is 0. The van der Waals surface area contributed by atoms with Crippen molar-refractivity contribution in [1.29, 1.82) is 0 Å². The van der Waals surface area contributed by atoms with Crippen LogP contribution in [-0.2, 0) is 0 Å². The number of hydrogen-bond donors (Lipinski definition) is 2. The highest BCUT2D eigenvalue weighted by molar-refractivity contribution is 5.89. The quantitative estimate of drug-likeness (QED) is 0.520. The Balaban J connectivity index is 3.56. The first-order chi connectivity index (χ1) is 5.95. The second-order valence-electron chi connectivity index (χ2n) is 2.26. The molecule has 3 nitrogen and oxygen atoms in total. The van der Waals surface area contributed by atoms with E-state index in [2.05, 4.69) is 0 Å². The van der Waals surface area contributed by atoms with Crippen LogP contribution < -0.4 is 5.73 Å². The Hall–Kier alpha value is -1.72. The summed E-state index contributed by atoms with van der Waals surface area (Å²) in [7, 11) is 0. The van der Waals surface area contributed by atoms with Gasteiger partial charge in [0.1, 0.15) is 5.56 Å². The maximum absolute atomic E-state index is 12.8. The normalized spacial score (nSPS) is 10.1. The van der Waals surface area contributed by atoms with E-state index in [0.717, 1.165) is 0 Å². The van der Waals surface area contributed by atoms with Crippen molar-refractivity contribution in [3.05, 3.63) is 29.1 Å². The number of anilines is 1. The molecule has 0 aliphatic heterocycles. The lowest BCUT2D eigenvalue weighted by Crippen LogP contribution is -2.09. The van der Waals surface area contributed by atoms with Crippen molar-refractivity contribution >= 4 is 11.7 Å². The zero-order valence-corrected chi connectivity index (χ0v) is 6.14. The van der Waals surface area contributed by atoms with Crippen molar-refractivity contribution in [2.75, 3.05) is 5.73 Å². The molecule has 0 saturated heterocycles. The molecule has 0 aliphatic rings. The van der Waals surface area contributed by atoms with Gasteiger partial charge in [-0.25, -0.2) is 18.0 Å². The van der Waals surface area contributed by atoms with Crippen molar-refractivity contribution in [2.45, 2.75) is 0 Å². The van der Waals surface area contributed by atoms with Crippen molar-refractivity contribution < 1.29 is 23.1 Å². The summed E-state index contributed by atoms with van der Waals surface area (Å²) in [4.78, 5) is 10.2. The van der Waals surface area contributed by atoms with Crippen LogP contribution in [0.25, 0.3) is 0 Å². The van der Waals surface area contributed by atoms with Crippen LogP contribution in [0.15, 0.2) is 6.07 Å². The Labute approximate surface area is 70.6 Å². The number of carboxylic acid groups (broad SMARTS) is 1. The number of benzene rings is 1. The van der Waals surface area contributed by atoms with Gasteiger partial charge in [0, 0.05) is 6.07 Å². The molecule has 1 rings (SSSR count). The van der Waals surface area contributed by atoms with Gasteiger partial charge in [-0.05, 0) is 0 Å². The van der Waals surface area contributed by atoms with E-state index in [-0.39, 0.29) is 0 Å². The number of hydrogen-bond acceptors (Lipinski definition) is 2. The monoisotopic (exact) mass is 191 g/mol. The molecule has 0 fully saturated rings. The molecule has 0 radical (unpaired) electrons. The maximum Gasteiger partial charge on any atom is 0.341 e. The summed E-state index contributed by atoms with van der Waals surface area (Å²) < 4.78 is 37.9. The van der Waals surface area contributed by atoms with Gasteiger partial charge in [0.05, 0.1) is 5.69 Å². The van der Waals surface area contributed by atoms with Crippen LogP contribution in [0, 0.1) is 17.5 Å².